The molecule has 0 aliphatic carbocycles. The van der Waals surface area contributed by atoms with Gasteiger partial charge in [-0.1, -0.05) is 6.92 Å². The lowest BCUT2D eigenvalue weighted by atomic mass is 10.1. The van der Waals surface area contributed by atoms with Gasteiger partial charge in [0.15, 0.2) is 5.25 Å². The molecule has 0 aromatic heterocycles. The Balaban J connectivity index is 2.89. The minimum atomic E-state index is -3.48. The summed E-state index contributed by atoms with van der Waals surface area (Å²) in [6.07, 6.45) is 1.12. The van der Waals surface area contributed by atoms with Crippen molar-refractivity contribution in [3.63, 3.8) is 0 Å². The van der Waals surface area contributed by atoms with Gasteiger partial charge in [-0.15, -0.1) is 0 Å². The maximum atomic E-state index is 12.1. The third-order valence-electron chi connectivity index (χ3n) is 3.14. The van der Waals surface area contributed by atoms with Crippen LogP contribution < -0.4 is 5.73 Å². The molecule has 0 aromatic rings. The van der Waals surface area contributed by atoms with Gasteiger partial charge in [0.25, 0.3) is 0 Å². The van der Waals surface area contributed by atoms with E-state index in [-0.39, 0.29) is 12.0 Å². The molecule has 1 aliphatic heterocycles. The number of nitrogens with two attached hydrogens (primary N) is 1. The molecule has 1 saturated heterocycles. The smallest absolute Gasteiger partial charge is 0.230 e. The summed E-state index contributed by atoms with van der Waals surface area (Å²) in [6, 6.07) is 1.82. The largest absolute Gasteiger partial charge is 0.330 e. The molecule has 1 fully saturated rings. The molecule has 0 amide bonds. The number of hydrogen-bond donors (Lipinski definition) is 1. The summed E-state index contributed by atoms with van der Waals surface area (Å²) < 4.78 is 25.7. The van der Waals surface area contributed by atoms with Crippen molar-refractivity contribution in [3.05, 3.63) is 0 Å². The Morgan fingerprint density at radius 2 is 2.25 bits per heavy atom. The lowest BCUT2D eigenvalue weighted by Crippen LogP contribution is -2.40. The fraction of sp³-hybridized carbons (Fsp3) is 0.900. The van der Waals surface area contributed by atoms with Crippen molar-refractivity contribution in [1.82, 2.24) is 4.31 Å². The van der Waals surface area contributed by atoms with Crippen LogP contribution in [0.4, 0.5) is 0 Å². The zero-order valence-corrected chi connectivity index (χ0v) is 10.6. The third-order valence-corrected chi connectivity index (χ3v) is 5.46. The molecule has 0 aromatic carbocycles. The standard InChI is InChI=1S/C10H19N3O2S/c1-3-10(6-12)16(14,15)13-7-9(5-11)4-8(13)2/h8-10H,3-5,7,11H2,1-2H3. The van der Waals surface area contributed by atoms with Crippen molar-refractivity contribution in [2.75, 3.05) is 13.1 Å². The second-order valence-electron chi connectivity index (χ2n) is 4.33. The number of rotatable bonds is 4. The first-order valence-corrected chi connectivity index (χ1v) is 7.08. The molecule has 5 nitrogen and oxygen atoms in total. The highest BCUT2D eigenvalue weighted by Gasteiger charge is 2.40. The van der Waals surface area contributed by atoms with Crippen molar-refractivity contribution in [1.29, 1.82) is 5.26 Å². The summed E-state index contributed by atoms with van der Waals surface area (Å²) in [5.74, 6) is 0.223. The van der Waals surface area contributed by atoms with E-state index in [0.717, 1.165) is 6.42 Å². The lowest BCUT2D eigenvalue weighted by molar-refractivity contribution is 0.400. The molecular weight excluding hydrogens is 226 g/mol. The highest BCUT2D eigenvalue weighted by Crippen LogP contribution is 2.27. The minimum absolute atomic E-state index is 0.0408. The zero-order valence-electron chi connectivity index (χ0n) is 9.76. The Labute approximate surface area is 97.3 Å². The third kappa shape index (κ3) is 2.37. The van der Waals surface area contributed by atoms with E-state index in [1.54, 1.807) is 6.92 Å². The van der Waals surface area contributed by atoms with Gasteiger partial charge in [-0.2, -0.15) is 9.57 Å². The Kier molecular flexibility index (Phi) is 4.30. The molecule has 16 heavy (non-hydrogen) atoms. The van der Waals surface area contributed by atoms with E-state index in [1.165, 1.54) is 4.31 Å². The highest BCUT2D eigenvalue weighted by atomic mass is 32.2. The van der Waals surface area contributed by atoms with E-state index in [1.807, 2.05) is 13.0 Å². The van der Waals surface area contributed by atoms with E-state index in [4.69, 9.17) is 11.0 Å². The van der Waals surface area contributed by atoms with Crippen molar-refractivity contribution >= 4 is 10.0 Å². The minimum Gasteiger partial charge on any atom is -0.330 e. The summed E-state index contributed by atoms with van der Waals surface area (Å²) in [5, 5.41) is 7.93. The number of hydrogen-bond acceptors (Lipinski definition) is 4. The molecule has 1 aliphatic rings. The van der Waals surface area contributed by atoms with E-state index < -0.39 is 15.3 Å². The molecule has 0 spiro atoms. The van der Waals surface area contributed by atoms with Crippen LogP contribution in [0.1, 0.15) is 26.7 Å². The van der Waals surface area contributed by atoms with E-state index in [2.05, 4.69) is 0 Å². The first-order chi connectivity index (χ1) is 7.47. The monoisotopic (exact) mass is 245 g/mol. The zero-order chi connectivity index (χ0) is 12.3. The molecule has 1 rings (SSSR count). The van der Waals surface area contributed by atoms with Crippen LogP contribution in [0.15, 0.2) is 0 Å². The summed E-state index contributed by atoms with van der Waals surface area (Å²) in [7, 11) is -3.48. The second-order valence-corrected chi connectivity index (χ2v) is 6.40. The summed E-state index contributed by atoms with van der Waals surface area (Å²) in [5.41, 5.74) is 5.56. The average Bonchev–Trinajstić information content (AvgIpc) is 2.61. The molecule has 3 unspecified atom stereocenters. The fourth-order valence-electron chi connectivity index (χ4n) is 2.17. The Bertz CT molecular complexity index is 374. The van der Waals surface area contributed by atoms with Gasteiger partial charge in [-0.25, -0.2) is 8.42 Å². The van der Waals surface area contributed by atoms with Gasteiger partial charge in [0.1, 0.15) is 0 Å². The van der Waals surface area contributed by atoms with Crippen molar-refractivity contribution in [2.45, 2.75) is 38.0 Å². The van der Waals surface area contributed by atoms with Crippen LogP contribution >= 0.6 is 0 Å². The van der Waals surface area contributed by atoms with Gasteiger partial charge in [-0.05, 0) is 32.2 Å². The Hall–Kier alpha value is -0.640. The van der Waals surface area contributed by atoms with Crippen LogP contribution in [-0.2, 0) is 10.0 Å². The van der Waals surface area contributed by atoms with E-state index in [9.17, 15) is 8.42 Å². The van der Waals surface area contributed by atoms with Crippen LogP contribution in [0.2, 0.25) is 0 Å². The molecular formula is C10H19N3O2S. The maximum Gasteiger partial charge on any atom is 0.230 e. The Morgan fingerprint density at radius 1 is 1.62 bits per heavy atom. The van der Waals surface area contributed by atoms with Crippen LogP contribution in [0.25, 0.3) is 0 Å². The van der Waals surface area contributed by atoms with Gasteiger partial charge in [0.2, 0.25) is 10.0 Å². The number of nitriles is 1. The maximum absolute atomic E-state index is 12.1. The molecule has 6 heteroatoms. The van der Waals surface area contributed by atoms with E-state index >= 15 is 0 Å². The van der Waals surface area contributed by atoms with Crippen LogP contribution in [0.5, 0.6) is 0 Å². The molecule has 0 radical (unpaired) electrons. The predicted octanol–water partition coefficient (Wildman–Crippen LogP) is 0.287. The Morgan fingerprint density at radius 3 is 2.62 bits per heavy atom. The average molecular weight is 245 g/mol. The highest BCUT2D eigenvalue weighted by molar-refractivity contribution is 7.90. The normalized spacial score (nSPS) is 28.9. The molecule has 2 N–H and O–H groups in total. The van der Waals surface area contributed by atoms with Gasteiger partial charge >= 0.3 is 0 Å². The number of sulfonamides is 1. The number of nitrogens with zero attached hydrogens (tertiary/aromatic N) is 2. The molecule has 1 heterocycles. The predicted molar refractivity (Wildman–Crippen MR) is 61.9 cm³/mol. The fourth-order valence-corrected chi connectivity index (χ4v) is 4.05. The topological polar surface area (TPSA) is 87.2 Å². The van der Waals surface area contributed by atoms with Gasteiger partial charge < -0.3 is 5.73 Å². The lowest BCUT2D eigenvalue weighted by Gasteiger charge is -2.23. The van der Waals surface area contributed by atoms with Crippen LogP contribution in [0.3, 0.4) is 0 Å². The molecule has 0 saturated carbocycles. The SMILES string of the molecule is CCC(C#N)S(=O)(=O)N1CC(CN)CC1C. The van der Waals surface area contributed by atoms with Crippen molar-refractivity contribution < 1.29 is 8.42 Å². The summed E-state index contributed by atoms with van der Waals surface area (Å²) in [4.78, 5) is 0. The van der Waals surface area contributed by atoms with Crippen LogP contribution in [0, 0.1) is 17.2 Å². The van der Waals surface area contributed by atoms with Crippen molar-refractivity contribution in [3.8, 4) is 6.07 Å². The molecule has 3 atom stereocenters. The van der Waals surface area contributed by atoms with Gasteiger partial charge in [-0.3, -0.25) is 0 Å². The first kappa shape index (κ1) is 13.4. The quantitative estimate of drug-likeness (QED) is 0.771. The second kappa shape index (κ2) is 5.13. The molecule has 0 bridgehead atoms. The van der Waals surface area contributed by atoms with E-state index in [0.29, 0.717) is 19.5 Å². The first-order valence-electron chi connectivity index (χ1n) is 5.57. The van der Waals surface area contributed by atoms with Crippen molar-refractivity contribution in [2.24, 2.45) is 11.7 Å². The summed E-state index contributed by atoms with van der Waals surface area (Å²) in [6.45, 7) is 4.54. The molecule has 92 valence electrons. The van der Waals surface area contributed by atoms with Gasteiger partial charge in [0, 0.05) is 12.6 Å². The van der Waals surface area contributed by atoms with Gasteiger partial charge in [0.05, 0.1) is 6.07 Å². The van der Waals surface area contributed by atoms with Crippen LogP contribution in [-0.4, -0.2) is 37.1 Å². The summed E-state index contributed by atoms with van der Waals surface area (Å²) >= 11 is 0.